The van der Waals surface area contributed by atoms with Crippen molar-refractivity contribution in [3.63, 3.8) is 0 Å². The summed E-state index contributed by atoms with van der Waals surface area (Å²) >= 11 is 0. The smallest absolute Gasteiger partial charge is 0.152 e. The molecule has 0 fully saturated rings. The van der Waals surface area contributed by atoms with E-state index in [-0.39, 0.29) is 0 Å². The zero-order valence-electron chi connectivity index (χ0n) is 19.8. The van der Waals surface area contributed by atoms with Gasteiger partial charge in [0.25, 0.3) is 0 Å². The zero-order chi connectivity index (χ0) is 23.9. The van der Waals surface area contributed by atoms with E-state index >= 15 is 0 Å². The molecule has 0 radical (unpaired) electrons. The van der Waals surface area contributed by atoms with Gasteiger partial charge in [-0.2, -0.15) is 0 Å². The first-order valence-corrected chi connectivity index (χ1v) is 11.7. The number of aromatic nitrogens is 2. The lowest BCUT2D eigenvalue weighted by Crippen LogP contribution is -2.23. The Balaban J connectivity index is 1.68. The van der Waals surface area contributed by atoms with Crippen LogP contribution in [0.5, 0.6) is 0 Å². The monoisotopic (exact) mass is 452 g/mol. The molecule has 0 aliphatic heterocycles. The van der Waals surface area contributed by atoms with Gasteiger partial charge < -0.3 is 10.3 Å². The minimum atomic E-state index is 0.343. The van der Waals surface area contributed by atoms with Crippen LogP contribution in [0.15, 0.2) is 84.1 Å². The molecule has 6 nitrogen and oxygen atoms in total. The largest absolute Gasteiger partial charge is 0.382 e. The summed E-state index contributed by atoms with van der Waals surface area (Å²) in [4.78, 5) is 4.62. The van der Waals surface area contributed by atoms with Crippen LogP contribution in [-0.4, -0.2) is 15.4 Å². The van der Waals surface area contributed by atoms with Crippen molar-refractivity contribution in [1.29, 1.82) is 0 Å². The first-order valence-electron chi connectivity index (χ1n) is 11.7. The molecule has 0 bridgehead atoms. The topological polar surface area (TPSA) is 94.2 Å². The van der Waals surface area contributed by atoms with Crippen molar-refractivity contribution in [2.24, 2.45) is 16.7 Å². The lowest BCUT2D eigenvalue weighted by atomic mass is 9.93. The number of unbranched alkanes of at least 4 members (excludes halogenated alkanes) is 1. The van der Waals surface area contributed by atoms with Crippen molar-refractivity contribution < 1.29 is 0 Å². The Hall–Kier alpha value is -3.90. The average molecular weight is 453 g/mol. The molecule has 0 atom stereocenters. The van der Waals surface area contributed by atoms with Crippen molar-refractivity contribution in [2.75, 3.05) is 0 Å². The highest BCUT2D eigenvalue weighted by Crippen LogP contribution is 2.30. The highest BCUT2D eigenvalue weighted by Gasteiger charge is 2.12. The molecule has 174 valence electrons. The fraction of sp³-hybridized carbons (Fsp3) is 0.214. The van der Waals surface area contributed by atoms with E-state index in [4.69, 9.17) is 11.6 Å². The van der Waals surface area contributed by atoms with Crippen molar-refractivity contribution in [3.8, 4) is 22.3 Å². The van der Waals surface area contributed by atoms with Crippen LogP contribution in [0, 0.1) is 6.92 Å². The molecule has 0 aliphatic carbocycles. The van der Waals surface area contributed by atoms with Crippen molar-refractivity contribution in [3.05, 3.63) is 102 Å². The summed E-state index contributed by atoms with van der Waals surface area (Å²) in [6, 6.07) is 25.1. The Labute approximate surface area is 201 Å². The van der Waals surface area contributed by atoms with Crippen LogP contribution in [0.2, 0.25) is 0 Å². The van der Waals surface area contributed by atoms with E-state index in [9.17, 15) is 0 Å². The second-order valence-corrected chi connectivity index (χ2v) is 8.45. The summed E-state index contributed by atoms with van der Waals surface area (Å²) in [7, 11) is 0. The van der Waals surface area contributed by atoms with Crippen LogP contribution in [0.25, 0.3) is 22.3 Å². The Bertz CT molecular complexity index is 1260. The molecular weight excluding hydrogens is 420 g/mol. The van der Waals surface area contributed by atoms with Crippen molar-refractivity contribution in [1.82, 2.24) is 15.1 Å². The lowest BCUT2D eigenvalue weighted by Gasteiger charge is -2.14. The number of hydrogen-bond donors (Lipinski definition) is 3. The Kier molecular flexibility index (Phi) is 7.40. The number of rotatable bonds is 9. The lowest BCUT2D eigenvalue weighted by molar-refractivity contribution is 0.667. The normalized spacial score (nSPS) is 11.6. The van der Waals surface area contributed by atoms with Gasteiger partial charge in [0, 0.05) is 30.4 Å². The van der Waals surface area contributed by atoms with Gasteiger partial charge >= 0.3 is 0 Å². The summed E-state index contributed by atoms with van der Waals surface area (Å²) in [6.07, 6.45) is 5.29. The van der Waals surface area contributed by atoms with Gasteiger partial charge in [-0.25, -0.2) is 16.4 Å². The maximum absolute atomic E-state index is 6.22. The first-order chi connectivity index (χ1) is 16.6. The standard InChI is InChI=1S/C28H32N6/c1-3-4-10-27-31-18-20(2)34(27)19-21-11-13-23(14-12-21)26-17-24(22-8-6-5-7-9-22)15-16-25(26)28(29)32-33-30/h5-9,11-18,33H,3-4,10,19,30H2,1-2H3,(H2,29,32). The highest BCUT2D eigenvalue weighted by molar-refractivity contribution is 6.04. The van der Waals surface area contributed by atoms with E-state index in [0.717, 1.165) is 59.4 Å². The number of amidine groups is 1. The first kappa shape index (κ1) is 23.3. The van der Waals surface area contributed by atoms with E-state index in [1.807, 2.05) is 30.5 Å². The van der Waals surface area contributed by atoms with E-state index in [0.29, 0.717) is 5.84 Å². The number of hydrazone groups is 1. The predicted molar refractivity (Wildman–Crippen MR) is 140 cm³/mol. The van der Waals surface area contributed by atoms with Crippen LogP contribution in [-0.2, 0) is 13.0 Å². The van der Waals surface area contributed by atoms with E-state index in [1.54, 1.807) is 0 Å². The molecule has 1 heterocycles. The average Bonchev–Trinajstić information content (AvgIpc) is 3.22. The summed E-state index contributed by atoms with van der Waals surface area (Å²) in [5, 5.41) is 4.01. The number of nitrogens with one attached hydrogen (secondary N) is 1. The SMILES string of the molecule is CCCCc1ncc(C)n1Cc1ccc(-c2cc(-c3ccccc3)ccc2/C(N)=N/NN)cc1. The highest BCUT2D eigenvalue weighted by atomic mass is 15.5. The van der Waals surface area contributed by atoms with Crippen molar-refractivity contribution >= 4 is 5.84 Å². The van der Waals surface area contributed by atoms with Gasteiger partial charge in [0.2, 0.25) is 0 Å². The number of benzene rings is 3. The molecule has 0 unspecified atom stereocenters. The maximum atomic E-state index is 6.22. The number of imidazole rings is 1. The second kappa shape index (κ2) is 10.8. The summed E-state index contributed by atoms with van der Waals surface area (Å²) in [6.45, 7) is 5.13. The van der Waals surface area contributed by atoms with Crippen LogP contribution >= 0.6 is 0 Å². The minimum Gasteiger partial charge on any atom is -0.382 e. The molecule has 0 saturated carbocycles. The van der Waals surface area contributed by atoms with Crippen LogP contribution in [0.4, 0.5) is 0 Å². The second-order valence-electron chi connectivity index (χ2n) is 8.45. The fourth-order valence-corrected chi connectivity index (χ4v) is 4.18. The fourth-order valence-electron chi connectivity index (χ4n) is 4.18. The molecule has 4 rings (SSSR count). The molecule has 3 aromatic carbocycles. The molecular formula is C28H32N6. The summed E-state index contributed by atoms with van der Waals surface area (Å²) in [5.74, 6) is 6.89. The molecule has 4 aromatic rings. The molecule has 0 amide bonds. The Morgan fingerprint density at radius 2 is 1.71 bits per heavy atom. The third-order valence-electron chi connectivity index (χ3n) is 6.08. The molecule has 6 heteroatoms. The van der Waals surface area contributed by atoms with Gasteiger partial charge in [0.1, 0.15) is 5.82 Å². The van der Waals surface area contributed by atoms with Gasteiger partial charge in [-0.1, -0.05) is 74.0 Å². The number of aryl methyl sites for hydroxylation is 2. The van der Waals surface area contributed by atoms with E-state index < -0.39 is 0 Å². The van der Waals surface area contributed by atoms with Crippen molar-refractivity contribution in [2.45, 2.75) is 39.7 Å². The number of nitrogens with zero attached hydrogens (tertiary/aromatic N) is 3. The van der Waals surface area contributed by atoms with Gasteiger partial charge in [-0.05, 0) is 53.3 Å². The van der Waals surface area contributed by atoms with Gasteiger partial charge in [0.15, 0.2) is 5.84 Å². The predicted octanol–water partition coefficient (Wildman–Crippen LogP) is 5.00. The molecule has 0 spiro atoms. The quantitative estimate of drug-likeness (QED) is 0.144. The molecule has 0 aliphatic rings. The van der Waals surface area contributed by atoms with Gasteiger partial charge in [-0.15, -0.1) is 5.10 Å². The molecule has 34 heavy (non-hydrogen) atoms. The molecule has 5 N–H and O–H groups in total. The number of nitrogens with two attached hydrogens (primary N) is 2. The summed E-state index contributed by atoms with van der Waals surface area (Å²) in [5.41, 5.74) is 16.1. The van der Waals surface area contributed by atoms with Crippen LogP contribution in [0.3, 0.4) is 0 Å². The summed E-state index contributed by atoms with van der Waals surface area (Å²) < 4.78 is 2.31. The third-order valence-corrected chi connectivity index (χ3v) is 6.08. The molecule has 1 aromatic heterocycles. The van der Waals surface area contributed by atoms with E-state index in [1.165, 1.54) is 11.3 Å². The Morgan fingerprint density at radius 1 is 0.971 bits per heavy atom. The third kappa shape index (κ3) is 5.18. The van der Waals surface area contributed by atoms with E-state index in [2.05, 4.69) is 82.6 Å². The molecule has 0 saturated heterocycles. The number of hydrazine groups is 1. The minimum absolute atomic E-state index is 0.343. The van der Waals surface area contributed by atoms with Gasteiger partial charge in [-0.3, -0.25) is 0 Å². The van der Waals surface area contributed by atoms with Crippen LogP contribution < -0.4 is 17.1 Å². The number of hydrogen-bond acceptors (Lipinski definition) is 4. The maximum Gasteiger partial charge on any atom is 0.152 e. The Morgan fingerprint density at radius 3 is 2.41 bits per heavy atom. The van der Waals surface area contributed by atoms with Crippen LogP contribution in [0.1, 0.15) is 42.4 Å². The zero-order valence-corrected chi connectivity index (χ0v) is 19.8. The van der Waals surface area contributed by atoms with Gasteiger partial charge in [0.05, 0.1) is 0 Å².